The van der Waals surface area contributed by atoms with Crippen LogP contribution in [0.2, 0.25) is 0 Å². The zero-order valence-corrected chi connectivity index (χ0v) is 29.4. The lowest BCUT2D eigenvalue weighted by Crippen LogP contribution is -2.64. The summed E-state index contributed by atoms with van der Waals surface area (Å²) in [7, 11) is 0. The van der Waals surface area contributed by atoms with Crippen molar-refractivity contribution in [1.29, 1.82) is 0 Å². The van der Waals surface area contributed by atoms with Crippen LogP contribution in [-0.4, -0.2) is 75.0 Å². The zero-order valence-electron chi connectivity index (χ0n) is 29.4. The third-order valence-electron chi connectivity index (χ3n) is 9.40. The number of hydrogen-bond acceptors (Lipinski definition) is 6. The van der Waals surface area contributed by atoms with Gasteiger partial charge in [-0.1, -0.05) is 148 Å². The Morgan fingerprint density at radius 3 is 1.47 bits per heavy atom. The molecule has 266 valence electrons. The van der Waals surface area contributed by atoms with Crippen LogP contribution < -0.4 is 0 Å². The van der Waals surface area contributed by atoms with Crippen molar-refractivity contribution in [1.82, 2.24) is 4.90 Å². The largest absolute Gasteiger partial charge is 0.394 e. The topological polar surface area (TPSA) is 110 Å². The molecule has 0 aromatic carbocycles. The lowest BCUT2D eigenvalue weighted by molar-refractivity contribution is -0.262. The normalized spacial score (nSPS) is 22.0. The fraction of sp³-hybridized carbons (Fsp3) is 0.921. The van der Waals surface area contributed by atoms with E-state index in [2.05, 4.69) is 26.0 Å². The first-order valence-corrected chi connectivity index (χ1v) is 19.2. The first-order chi connectivity index (χ1) is 22.0. The number of allylic oxidation sites excluding steroid dienone is 2. The molecule has 0 radical (unpaired) electrons. The molecule has 1 rings (SSSR count). The van der Waals surface area contributed by atoms with E-state index >= 15 is 0 Å². The minimum absolute atomic E-state index is 0.0972. The van der Waals surface area contributed by atoms with Crippen molar-refractivity contribution < 1.29 is 30.0 Å². The Morgan fingerprint density at radius 2 is 1.00 bits per heavy atom. The molecule has 4 N–H and O–H groups in total. The van der Waals surface area contributed by atoms with Gasteiger partial charge in [0.05, 0.1) is 6.61 Å². The van der Waals surface area contributed by atoms with E-state index < -0.39 is 37.3 Å². The first kappa shape index (κ1) is 42.0. The van der Waals surface area contributed by atoms with Gasteiger partial charge in [0.1, 0.15) is 24.4 Å². The molecule has 45 heavy (non-hydrogen) atoms. The molecular weight excluding hydrogens is 566 g/mol. The monoisotopic (exact) mass is 640 g/mol. The van der Waals surface area contributed by atoms with E-state index in [1.165, 1.54) is 109 Å². The number of amides is 1. The van der Waals surface area contributed by atoms with Crippen molar-refractivity contribution in [2.24, 2.45) is 0 Å². The summed E-state index contributed by atoms with van der Waals surface area (Å²) in [5.74, 6) is -0.0972. The van der Waals surface area contributed by atoms with E-state index in [0.29, 0.717) is 13.0 Å². The standard InChI is InChI=1S/C38H73NO6/c1-3-5-7-9-11-13-15-17-18-19-20-22-24-26-28-30-34(41)39(38-37(44)36(43)35(42)33(32-40)45-38)31-29-27-25-23-21-16-14-12-10-8-6-4-2/h17-18,33,35-38,40,42-44H,3-16,19-32H2,1-2H3/t33-,35-,36+,37+,38?/m1/s1. The van der Waals surface area contributed by atoms with Crippen LogP contribution >= 0.6 is 0 Å². The molecule has 1 unspecified atom stereocenters. The van der Waals surface area contributed by atoms with E-state index in [9.17, 15) is 25.2 Å². The predicted molar refractivity (Wildman–Crippen MR) is 186 cm³/mol. The summed E-state index contributed by atoms with van der Waals surface area (Å²) in [6.07, 6.45) is 28.8. The number of unbranched alkanes of at least 4 members (excludes halogenated alkanes) is 22. The van der Waals surface area contributed by atoms with Gasteiger partial charge >= 0.3 is 0 Å². The van der Waals surface area contributed by atoms with Gasteiger partial charge < -0.3 is 30.1 Å². The lowest BCUT2D eigenvalue weighted by atomic mass is 9.97. The molecule has 7 heteroatoms. The Morgan fingerprint density at radius 1 is 0.578 bits per heavy atom. The van der Waals surface area contributed by atoms with Crippen LogP contribution in [-0.2, 0) is 9.53 Å². The lowest BCUT2D eigenvalue weighted by Gasteiger charge is -2.44. The van der Waals surface area contributed by atoms with Crippen molar-refractivity contribution in [3.63, 3.8) is 0 Å². The Labute approximate surface area is 277 Å². The SMILES string of the molecule is CCCCCCCCC=CCCCCCCCC(=O)N(CCCCCCCCCCCCCC)C1O[C@H](CO)[C@@H](O)[C@H](O)[C@@H]1O. The van der Waals surface area contributed by atoms with Crippen LogP contribution in [0.1, 0.15) is 181 Å². The number of carbonyl (C=O) groups is 1. The van der Waals surface area contributed by atoms with E-state index in [0.717, 1.165) is 51.4 Å². The number of ether oxygens (including phenoxy) is 1. The molecule has 0 spiro atoms. The van der Waals surface area contributed by atoms with Crippen LogP contribution in [0, 0.1) is 0 Å². The van der Waals surface area contributed by atoms with Crippen LogP contribution in [0.3, 0.4) is 0 Å². The minimum Gasteiger partial charge on any atom is -0.394 e. The second-order valence-electron chi connectivity index (χ2n) is 13.5. The van der Waals surface area contributed by atoms with Crippen LogP contribution in [0.15, 0.2) is 12.2 Å². The molecule has 1 aliphatic heterocycles. The molecule has 0 saturated carbocycles. The second-order valence-corrected chi connectivity index (χ2v) is 13.5. The minimum atomic E-state index is -1.47. The summed E-state index contributed by atoms with van der Waals surface area (Å²) < 4.78 is 5.79. The highest BCUT2D eigenvalue weighted by molar-refractivity contribution is 5.76. The van der Waals surface area contributed by atoms with Gasteiger partial charge in [0.25, 0.3) is 0 Å². The van der Waals surface area contributed by atoms with Gasteiger partial charge in [0, 0.05) is 13.0 Å². The van der Waals surface area contributed by atoms with Gasteiger partial charge in [-0.25, -0.2) is 0 Å². The van der Waals surface area contributed by atoms with Gasteiger partial charge in [0.2, 0.25) is 5.91 Å². The maximum atomic E-state index is 13.4. The average molecular weight is 640 g/mol. The maximum absolute atomic E-state index is 13.4. The summed E-state index contributed by atoms with van der Waals surface area (Å²) in [5, 5.41) is 41.0. The van der Waals surface area contributed by atoms with Gasteiger partial charge in [-0.05, 0) is 38.5 Å². The van der Waals surface area contributed by atoms with E-state index in [1.807, 2.05) is 0 Å². The van der Waals surface area contributed by atoms with Gasteiger partial charge in [-0.2, -0.15) is 0 Å². The molecule has 1 aliphatic rings. The molecule has 1 heterocycles. The molecule has 7 nitrogen and oxygen atoms in total. The van der Waals surface area contributed by atoms with E-state index in [4.69, 9.17) is 4.74 Å². The molecule has 0 aromatic rings. The fourth-order valence-electron chi connectivity index (χ4n) is 6.35. The number of carbonyl (C=O) groups excluding carboxylic acids is 1. The highest BCUT2D eigenvalue weighted by Crippen LogP contribution is 2.25. The number of nitrogens with zero attached hydrogens (tertiary/aromatic N) is 1. The van der Waals surface area contributed by atoms with Crippen molar-refractivity contribution >= 4 is 5.91 Å². The third kappa shape index (κ3) is 20.1. The predicted octanol–water partition coefficient (Wildman–Crippen LogP) is 8.35. The summed E-state index contributed by atoms with van der Waals surface area (Å²) in [5.41, 5.74) is 0. The summed E-state index contributed by atoms with van der Waals surface area (Å²) in [6, 6.07) is 0. The zero-order chi connectivity index (χ0) is 33.0. The highest BCUT2D eigenvalue weighted by Gasteiger charge is 2.46. The van der Waals surface area contributed by atoms with Crippen LogP contribution in [0.5, 0.6) is 0 Å². The van der Waals surface area contributed by atoms with E-state index in [1.54, 1.807) is 4.90 Å². The second kappa shape index (κ2) is 29.2. The van der Waals surface area contributed by atoms with Crippen molar-refractivity contribution in [2.45, 2.75) is 211 Å². The third-order valence-corrected chi connectivity index (χ3v) is 9.40. The smallest absolute Gasteiger partial charge is 0.224 e. The quantitative estimate of drug-likeness (QED) is 0.0464. The van der Waals surface area contributed by atoms with Crippen molar-refractivity contribution in [2.75, 3.05) is 13.2 Å². The molecule has 5 atom stereocenters. The average Bonchev–Trinajstić information content (AvgIpc) is 3.04. The van der Waals surface area contributed by atoms with Crippen LogP contribution in [0.4, 0.5) is 0 Å². The number of aliphatic hydroxyl groups excluding tert-OH is 4. The molecular formula is C38H73NO6. The first-order valence-electron chi connectivity index (χ1n) is 19.2. The molecule has 1 amide bonds. The van der Waals surface area contributed by atoms with E-state index in [-0.39, 0.29) is 5.91 Å². The Balaban J connectivity index is 2.36. The molecule has 0 aliphatic carbocycles. The van der Waals surface area contributed by atoms with Gasteiger partial charge in [0.15, 0.2) is 6.23 Å². The van der Waals surface area contributed by atoms with Crippen molar-refractivity contribution in [3.8, 4) is 0 Å². The molecule has 1 fully saturated rings. The fourth-order valence-corrected chi connectivity index (χ4v) is 6.35. The van der Waals surface area contributed by atoms with Gasteiger partial charge in [-0.15, -0.1) is 0 Å². The Kier molecular flexibility index (Phi) is 27.2. The maximum Gasteiger partial charge on any atom is 0.224 e. The molecule has 0 bridgehead atoms. The highest BCUT2D eigenvalue weighted by atomic mass is 16.6. The Hall–Kier alpha value is -0.990. The van der Waals surface area contributed by atoms with Crippen molar-refractivity contribution in [3.05, 3.63) is 12.2 Å². The number of rotatable bonds is 30. The molecule has 1 saturated heterocycles. The summed E-state index contributed by atoms with van der Waals surface area (Å²) >= 11 is 0. The number of aliphatic hydroxyl groups is 4. The summed E-state index contributed by atoms with van der Waals surface area (Å²) in [4.78, 5) is 14.9. The van der Waals surface area contributed by atoms with Crippen LogP contribution in [0.25, 0.3) is 0 Å². The number of hydrogen-bond donors (Lipinski definition) is 4. The molecule has 0 aromatic heterocycles. The van der Waals surface area contributed by atoms with Gasteiger partial charge in [-0.3, -0.25) is 4.79 Å². The summed E-state index contributed by atoms with van der Waals surface area (Å²) in [6.45, 7) is 4.45. The Bertz CT molecular complexity index is 702.